The van der Waals surface area contributed by atoms with Gasteiger partial charge in [-0.15, -0.1) is 0 Å². The summed E-state index contributed by atoms with van der Waals surface area (Å²) in [7, 11) is 0. The second-order valence-corrected chi connectivity index (χ2v) is 16.7. The number of rotatable bonds is 13. The van der Waals surface area contributed by atoms with E-state index in [0.717, 1.165) is 0 Å². The molecule has 0 saturated carbocycles. The zero-order valence-corrected chi connectivity index (χ0v) is 19.5. The van der Waals surface area contributed by atoms with Crippen LogP contribution in [-0.4, -0.2) is 19.5 Å². The van der Waals surface area contributed by atoms with Gasteiger partial charge in [-0.1, -0.05) is 30.3 Å². The van der Waals surface area contributed by atoms with Crippen LogP contribution in [-0.2, 0) is 0 Å². The van der Waals surface area contributed by atoms with Crippen LogP contribution in [0.1, 0.15) is 89.4 Å². The van der Waals surface area contributed by atoms with Gasteiger partial charge in [-0.05, 0) is 5.56 Å². The van der Waals surface area contributed by atoms with E-state index < -0.39 is 19.5 Å². The van der Waals surface area contributed by atoms with Crippen molar-refractivity contribution in [2.24, 2.45) is 0 Å². The zero-order chi connectivity index (χ0) is 19.7. The number of unbranched alkanes of at least 4 members (excludes halogenated alkanes) is 4. The Morgan fingerprint density at radius 3 is 1.31 bits per heavy atom. The molecule has 1 aromatic rings. The van der Waals surface area contributed by atoms with Crippen molar-refractivity contribution in [3.63, 3.8) is 0 Å². The fourth-order valence-electron chi connectivity index (χ4n) is 3.22. The van der Waals surface area contributed by atoms with E-state index in [-0.39, 0.29) is 5.56 Å². The second kappa shape index (κ2) is 16.4. The average Bonchev–Trinajstić information content (AvgIpc) is 2.68. The average molecular weight is 425 g/mol. The van der Waals surface area contributed by atoms with E-state index in [2.05, 4.69) is 27.7 Å². The molecule has 0 fully saturated rings. The minimum Gasteiger partial charge on any atom is -0.545 e. The van der Waals surface area contributed by atoms with Crippen LogP contribution in [0.15, 0.2) is 30.3 Å². The summed E-state index contributed by atoms with van der Waals surface area (Å²) >= 11 is -1.26. The molecule has 2 nitrogen and oxygen atoms in total. The molecule has 0 radical (unpaired) electrons. The number of hydrogen-bond donors (Lipinski definition) is 0. The van der Waals surface area contributed by atoms with Gasteiger partial charge in [-0.2, -0.15) is 0 Å². The molecule has 0 aliphatic heterocycles. The van der Waals surface area contributed by atoms with Gasteiger partial charge in [0.2, 0.25) is 0 Å². The number of carbonyl (C=O) groups excluding carboxylic acids is 1. The third kappa shape index (κ3) is 11.8. The second-order valence-electron chi connectivity index (χ2n) is 7.30. The Morgan fingerprint density at radius 2 is 1.08 bits per heavy atom. The van der Waals surface area contributed by atoms with Crippen LogP contribution in [0, 0.1) is 0 Å². The van der Waals surface area contributed by atoms with Gasteiger partial charge in [-0.3, -0.25) is 0 Å². The molecule has 0 amide bonds. The van der Waals surface area contributed by atoms with Crippen LogP contribution in [0.5, 0.6) is 0 Å². The first-order valence-corrected chi connectivity index (χ1v) is 16.0. The summed E-state index contributed by atoms with van der Waals surface area (Å²) in [5.41, 5.74) is 0.220. The van der Waals surface area contributed by atoms with Crippen molar-refractivity contribution < 1.29 is 9.90 Å². The molecule has 0 N–H and O–H groups in total. The van der Waals surface area contributed by atoms with E-state index in [1.165, 1.54) is 63.5 Å². The molecular weight excluding hydrogens is 383 g/mol. The van der Waals surface area contributed by atoms with Gasteiger partial charge in [0.05, 0.1) is 5.97 Å². The Bertz CT molecular complexity index is 407. The number of hydrogen-bond acceptors (Lipinski definition) is 2. The summed E-state index contributed by atoms with van der Waals surface area (Å²) < 4.78 is 0. The Balaban J connectivity index is 0.000000577. The number of carboxylic acids is 1. The van der Waals surface area contributed by atoms with Crippen LogP contribution >= 0.6 is 0 Å². The SMILES string of the molecule is CCCC[As+](CCCC)(CCCC)CCCC.O=C([O-])c1ccccc1. The fourth-order valence-corrected chi connectivity index (χ4v) is 14.3. The van der Waals surface area contributed by atoms with Gasteiger partial charge in [0.15, 0.2) is 0 Å². The van der Waals surface area contributed by atoms with Crippen molar-refractivity contribution in [2.45, 2.75) is 99.9 Å². The molecule has 0 spiro atoms. The maximum absolute atomic E-state index is 10.1. The topological polar surface area (TPSA) is 40.1 Å². The van der Waals surface area contributed by atoms with Gasteiger partial charge < -0.3 is 9.90 Å². The Kier molecular flexibility index (Phi) is 15.9. The van der Waals surface area contributed by atoms with Gasteiger partial charge >= 0.3 is 113 Å². The summed E-state index contributed by atoms with van der Waals surface area (Å²) in [6, 6.07) is 8.06. The van der Waals surface area contributed by atoms with Crippen molar-refractivity contribution >= 4 is 19.5 Å². The predicted octanol–water partition coefficient (Wildman–Crippen LogP) is 6.69. The molecule has 0 bridgehead atoms. The van der Waals surface area contributed by atoms with Crippen molar-refractivity contribution in [3.8, 4) is 0 Å². The number of carbonyl (C=O) groups is 1. The zero-order valence-electron chi connectivity index (χ0n) is 17.6. The normalized spacial score (nSPS) is 10.9. The molecule has 0 heterocycles. The van der Waals surface area contributed by atoms with Crippen molar-refractivity contribution in [2.75, 3.05) is 0 Å². The maximum atomic E-state index is 10.1. The predicted molar refractivity (Wildman–Crippen MR) is 115 cm³/mol. The summed E-state index contributed by atoms with van der Waals surface area (Å²) in [5, 5.41) is 16.7. The number of carboxylic acid groups (broad SMARTS) is 1. The summed E-state index contributed by atoms with van der Waals surface area (Å²) in [5.74, 6) is -1.13. The van der Waals surface area contributed by atoms with Crippen molar-refractivity contribution in [1.82, 2.24) is 0 Å². The van der Waals surface area contributed by atoms with Gasteiger partial charge in [-0.25, -0.2) is 0 Å². The van der Waals surface area contributed by atoms with E-state index in [0.29, 0.717) is 0 Å². The number of aromatic carboxylic acids is 1. The third-order valence-corrected chi connectivity index (χ3v) is 15.6. The molecule has 3 heteroatoms. The van der Waals surface area contributed by atoms with Crippen molar-refractivity contribution in [3.05, 3.63) is 35.9 Å². The van der Waals surface area contributed by atoms with E-state index in [9.17, 15) is 9.90 Å². The van der Waals surface area contributed by atoms with Crippen LogP contribution in [0.25, 0.3) is 0 Å². The van der Waals surface area contributed by atoms with Gasteiger partial charge in [0.1, 0.15) is 0 Å². The van der Waals surface area contributed by atoms with Gasteiger partial charge in [0, 0.05) is 0 Å². The maximum Gasteiger partial charge on any atom is 0.0715 e. The molecule has 1 aromatic carbocycles. The summed E-state index contributed by atoms with van der Waals surface area (Å²) in [6.07, 6.45) is 11.7. The first-order chi connectivity index (χ1) is 12.5. The standard InChI is InChI=1S/C16H36As.C7H6O2/c1-5-9-13-17(14-10-6-2,15-11-7-3)16-12-8-4;8-7(9)6-4-2-1-3-5-6/h5-16H2,1-4H3;1-5H,(H,8,9)/q+1;/p-1. The van der Waals surface area contributed by atoms with Crippen LogP contribution in [0.4, 0.5) is 0 Å². The Morgan fingerprint density at radius 1 is 0.731 bits per heavy atom. The largest absolute Gasteiger partial charge is 0.545 e. The van der Waals surface area contributed by atoms with Crippen LogP contribution < -0.4 is 5.11 Å². The fraction of sp³-hybridized carbons (Fsp3) is 0.696. The molecule has 0 atom stereocenters. The van der Waals surface area contributed by atoms with E-state index in [4.69, 9.17) is 0 Å². The molecular formula is C23H41AsO2. The van der Waals surface area contributed by atoms with Crippen molar-refractivity contribution in [1.29, 1.82) is 0 Å². The Labute approximate surface area is 165 Å². The molecule has 150 valence electrons. The van der Waals surface area contributed by atoms with Crippen LogP contribution in [0.3, 0.4) is 0 Å². The molecule has 1 rings (SSSR count). The number of benzene rings is 1. The minimum atomic E-state index is -1.26. The van der Waals surface area contributed by atoms with Gasteiger partial charge in [0.25, 0.3) is 0 Å². The quantitative estimate of drug-likeness (QED) is 0.331. The molecule has 0 aliphatic rings. The van der Waals surface area contributed by atoms with E-state index >= 15 is 0 Å². The Hall–Kier alpha value is -0.752. The van der Waals surface area contributed by atoms with Crippen LogP contribution in [0.2, 0.25) is 20.8 Å². The molecule has 26 heavy (non-hydrogen) atoms. The molecule has 0 unspecified atom stereocenters. The third-order valence-electron chi connectivity index (χ3n) is 4.95. The minimum absolute atomic E-state index is 0.220. The summed E-state index contributed by atoms with van der Waals surface area (Å²) in [4.78, 5) is 10.1. The first-order valence-electron chi connectivity index (χ1n) is 10.7. The monoisotopic (exact) mass is 424 g/mol. The molecule has 0 aliphatic carbocycles. The molecule has 0 aromatic heterocycles. The van der Waals surface area contributed by atoms with E-state index in [1.54, 1.807) is 39.0 Å². The smallest absolute Gasteiger partial charge is 0.0715 e. The first kappa shape index (κ1) is 25.2. The van der Waals surface area contributed by atoms with E-state index in [1.807, 2.05) is 0 Å². The molecule has 0 saturated heterocycles. The summed E-state index contributed by atoms with van der Waals surface area (Å²) in [6.45, 7) is 9.46.